The average molecular weight is 352 g/mol. The number of hydrogen-bond acceptors (Lipinski definition) is 2. The Balaban J connectivity index is 1.83. The van der Waals surface area contributed by atoms with Gasteiger partial charge in [-0.1, -0.05) is 48.0 Å². The molecule has 2 fully saturated rings. The van der Waals surface area contributed by atoms with Crippen LogP contribution in [0.15, 0.2) is 0 Å². The van der Waals surface area contributed by atoms with Crippen molar-refractivity contribution >= 4 is 26.0 Å². The Morgan fingerprint density at radius 1 is 1.05 bits per heavy atom. The molecule has 2 aliphatic rings. The lowest BCUT2D eigenvalue weighted by Gasteiger charge is -2.27. The Bertz CT molecular complexity index is 371. The van der Waals surface area contributed by atoms with E-state index in [9.17, 15) is 8.42 Å². The number of nitrogens with one attached hydrogen (secondary N) is 1. The van der Waals surface area contributed by atoms with Gasteiger partial charge in [-0.15, -0.1) is 0 Å². The number of sulfonamides is 1. The summed E-state index contributed by atoms with van der Waals surface area (Å²) in [6.45, 7) is 0.618. The van der Waals surface area contributed by atoms with Crippen LogP contribution in [0.3, 0.4) is 0 Å². The molecule has 0 aromatic heterocycles. The van der Waals surface area contributed by atoms with Crippen LogP contribution >= 0.6 is 15.9 Å². The topological polar surface area (TPSA) is 46.2 Å². The molecule has 5 heteroatoms. The quantitative estimate of drug-likeness (QED) is 0.745. The third-order valence-corrected chi connectivity index (χ3v) is 7.48. The zero-order valence-electron chi connectivity index (χ0n) is 11.7. The molecule has 0 saturated heterocycles. The van der Waals surface area contributed by atoms with E-state index in [0.717, 1.165) is 31.0 Å². The third kappa shape index (κ3) is 4.71. The molecule has 2 aliphatic carbocycles. The van der Waals surface area contributed by atoms with E-state index in [1.807, 2.05) is 0 Å². The van der Waals surface area contributed by atoms with Crippen molar-refractivity contribution in [2.24, 2.45) is 11.3 Å². The molecule has 0 spiro atoms. The molecular weight excluding hydrogens is 326 g/mol. The van der Waals surface area contributed by atoms with Crippen LogP contribution < -0.4 is 4.72 Å². The Labute approximate surface area is 126 Å². The molecule has 1 N–H and O–H groups in total. The van der Waals surface area contributed by atoms with E-state index in [2.05, 4.69) is 20.7 Å². The Kier molecular flexibility index (Phi) is 5.73. The molecular formula is C14H26BrNO2S. The van der Waals surface area contributed by atoms with Crippen LogP contribution in [0.5, 0.6) is 0 Å². The van der Waals surface area contributed by atoms with Crippen LogP contribution in [0, 0.1) is 11.3 Å². The first-order chi connectivity index (χ1) is 9.05. The molecule has 0 unspecified atom stereocenters. The monoisotopic (exact) mass is 351 g/mol. The van der Waals surface area contributed by atoms with Crippen molar-refractivity contribution in [2.75, 3.05) is 17.6 Å². The van der Waals surface area contributed by atoms with Gasteiger partial charge < -0.3 is 0 Å². The number of rotatable bonds is 6. The van der Waals surface area contributed by atoms with Crippen molar-refractivity contribution in [3.63, 3.8) is 0 Å². The third-order valence-electron chi connectivity index (χ3n) is 4.79. The minimum atomic E-state index is -3.09. The van der Waals surface area contributed by atoms with Crippen LogP contribution in [0.25, 0.3) is 0 Å². The van der Waals surface area contributed by atoms with Gasteiger partial charge in [-0.3, -0.25) is 0 Å². The minimum absolute atomic E-state index is 0.166. The van der Waals surface area contributed by atoms with Gasteiger partial charge in [0.05, 0.1) is 5.75 Å². The molecule has 0 aromatic rings. The van der Waals surface area contributed by atoms with Crippen LogP contribution in [-0.2, 0) is 10.0 Å². The summed E-state index contributed by atoms with van der Waals surface area (Å²) in [5, 5.41) is 0.909. The molecule has 0 aliphatic heterocycles. The summed E-state index contributed by atoms with van der Waals surface area (Å²) in [7, 11) is -3.09. The van der Waals surface area contributed by atoms with Crippen molar-refractivity contribution in [1.29, 1.82) is 0 Å². The highest BCUT2D eigenvalue weighted by molar-refractivity contribution is 9.09. The molecule has 0 aromatic carbocycles. The molecule has 19 heavy (non-hydrogen) atoms. The number of alkyl halides is 1. The predicted octanol–water partition coefficient (Wildman–Crippen LogP) is 3.44. The number of halogens is 1. The SMILES string of the molecule is O=S(=O)(CC1CCCCC1)NCC1(CBr)CCCC1. The lowest BCUT2D eigenvalue weighted by Crippen LogP contribution is -2.39. The molecule has 2 saturated carbocycles. The summed E-state index contributed by atoms with van der Waals surface area (Å²) in [6, 6.07) is 0. The van der Waals surface area contributed by atoms with Gasteiger partial charge in [-0.2, -0.15) is 0 Å². The molecule has 0 atom stereocenters. The summed E-state index contributed by atoms with van der Waals surface area (Å²) in [5.74, 6) is 0.723. The standard InChI is InChI=1S/C14H26BrNO2S/c15-11-14(8-4-5-9-14)12-16-19(17,18)10-13-6-2-1-3-7-13/h13,16H,1-12H2. The summed E-state index contributed by atoms with van der Waals surface area (Å²) >= 11 is 3.56. The first kappa shape index (κ1) is 15.8. The highest BCUT2D eigenvalue weighted by Gasteiger charge is 2.34. The van der Waals surface area contributed by atoms with E-state index in [4.69, 9.17) is 0 Å². The van der Waals surface area contributed by atoms with Crippen LogP contribution in [0.2, 0.25) is 0 Å². The van der Waals surface area contributed by atoms with Crippen molar-refractivity contribution in [3.05, 3.63) is 0 Å². The lowest BCUT2D eigenvalue weighted by molar-refractivity contribution is 0.344. The maximum atomic E-state index is 12.2. The molecule has 0 bridgehead atoms. The second-order valence-electron chi connectivity index (χ2n) is 6.45. The zero-order chi connectivity index (χ0) is 13.8. The Morgan fingerprint density at radius 2 is 1.68 bits per heavy atom. The average Bonchev–Trinajstić information content (AvgIpc) is 2.87. The maximum absolute atomic E-state index is 12.2. The molecule has 0 heterocycles. The van der Waals surface area contributed by atoms with Crippen molar-refractivity contribution < 1.29 is 8.42 Å². The predicted molar refractivity (Wildman–Crippen MR) is 83.1 cm³/mol. The first-order valence-electron chi connectivity index (χ1n) is 7.59. The van der Waals surface area contributed by atoms with Gasteiger partial charge in [0.15, 0.2) is 0 Å². The van der Waals surface area contributed by atoms with Crippen LogP contribution in [-0.4, -0.2) is 26.0 Å². The van der Waals surface area contributed by atoms with Gasteiger partial charge in [0, 0.05) is 11.9 Å². The fraction of sp³-hybridized carbons (Fsp3) is 1.00. The molecule has 2 rings (SSSR count). The zero-order valence-corrected chi connectivity index (χ0v) is 14.1. The number of hydrogen-bond donors (Lipinski definition) is 1. The largest absolute Gasteiger partial charge is 0.215 e. The molecule has 3 nitrogen and oxygen atoms in total. The molecule has 112 valence electrons. The second-order valence-corrected chi connectivity index (χ2v) is 8.86. The second kappa shape index (κ2) is 6.90. The van der Waals surface area contributed by atoms with Crippen LogP contribution in [0.4, 0.5) is 0 Å². The van der Waals surface area contributed by atoms with Gasteiger partial charge in [0.25, 0.3) is 0 Å². The van der Waals surface area contributed by atoms with Crippen LogP contribution in [0.1, 0.15) is 57.8 Å². The normalized spacial score (nSPS) is 24.7. The van der Waals surface area contributed by atoms with Gasteiger partial charge in [0.2, 0.25) is 10.0 Å². The Morgan fingerprint density at radius 3 is 2.26 bits per heavy atom. The van der Waals surface area contributed by atoms with E-state index >= 15 is 0 Å². The van der Waals surface area contributed by atoms with Gasteiger partial charge in [-0.25, -0.2) is 13.1 Å². The van der Waals surface area contributed by atoms with Gasteiger partial charge >= 0.3 is 0 Å². The Hall–Kier alpha value is 0.390. The summed E-state index contributed by atoms with van der Waals surface area (Å²) < 4.78 is 27.3. The first-order valence-corrected chi connectivity index (χ1v) is 10.4. The smallest absolute Gasteiger partial charge is 0.211 e. The fourth-order valence-corrected chi connectivity index (χ4v) is 5.83. The minimum Gasteiger partial charge on any atom is -0.215 e. The lowest BCUT2D eigenvalue weighted by atomic mass is 9.89. The van der Waals surface area contributed by atoms with Crippen molar-refractivity contribution in [3.8, 4) is 0 Å². The fourth-order valence-electron chi connectivity index (χ4n) is 3.47. The van der Waals surface area contributed by atoms with E-state index in [0.29, 0.717) is 18.2 Å². The van der Waals surface area contributed by atoms with E-state index in [1.165, 1.54) is 32.1 Å². The summed E-state index contributed by atoms with van der Waals surface area (Å²) in [4.78, 5) is 0. The summed E-state index contributed by atoms with van der Waals surface area (Å²) in [6.07, 6.45) is 10.6. The summed E-state index contributed by atoms with van der Waals surface area (Å²) in [5.41, 5.74) is 0.166. The van der Waals surface area contributed by atoms with E-state index in [-0.39, 0.29) is 5.41 Å². The van der Waals surface area contributed by atoms with E-state index in [1.54, 1.807) is 0 Å². The molecule has 0 amide bonds. The van der Waals surface area contributed by atoms with Crippen molar-refractivity contribution in [1.82, 2.24) is 4.72 Å². The van der Waals surface area contributed by atoms with Crippen molar-refractivity contribution in [2.45, 2.75) is 57.8 Å². The highest BCUT2D eigenvalue weighted by Crippen LogP contribution is 2.39. The highest BCUT2D eigenvalue weighted by atomic mass is 79.9. The molecule has 0 radical (unpaired) electrons. The maximum Gasteiger partial charge on any atom is 0.211 e. The van der Waals surface area contributed by atoms with Gasteiger partial charge in [0.1, 0.15) is 0 Å². The van der Waals surface area contributed by atoms with Gasteiger partial charge in [-0.05, 0) is 37.0 Å². The van der Waals surface area contributed by atoms with E-state index < -0.39 is 10.0 Å².